The maximum atomic E-state index is 13.4. The topological polar surface area (TPSA) is 53.9 Å². The molecule has 0 bridgehead atoms. The van der Waals surface area contributed by atoms with Crippen LogP contribution in [0.4, 0.5) is 24.1 Å². The Labute approximate surface area is 187 Å². The minimum Gasteiger partial charge on any atom is -0.316 e. The van der Waals surface area contributed by atoms with Crippen LogP contribution in [-0.4, -0.2) is 32.4 Å². The number of thiazole rings is 1. The van der Waals surface area contributed by atoms with Crippen molar-refractivity contribution in [1.29, 1.82) is 0 Å². The van der Waals surface area contributed by atoms with Gasteiger partial charge in [0.1, 0.15) is 17.3 Å². The predicted molar refractivity (Wildman–Crippen MR) is 117 cm³/mol. The number of aromatic nitrogens is 3. The average Bonchev–Trinajstić information content (AvgIpc) is 3.27. The van der Waals surface area contributed by atoms with Crippen molar-refractivity contribution in [2.45, 2.75) is 45.5 Å². The molecule has 1 N–H and O–H groups in total. The smallest absolute Gasteiger partial charge is 0.316 e. The van der Waals surface area contributed by atoms with Gasteiger partial charge in [-0.25, -0.2) is 15.0 Å². The number of aryl methyl sites for hydroxylation is 1. The highest BCUT2D eigenvalue weighted by Gasteiger charge is 2.32. The van der Waals surface area contributed by atoms with E-state index in [1.54, 1.807) is 19.1 Å². The molecule has 5 nitrogen and oxygen atoms in total. The van der Waals surface area contributed by atoms with E-state index in [2.05, 4.69) is 32.1 Å². The molecule has 1 aliphatic rings. The molecule has 0 unspecified atom stereocenters. The normalized spacial score (nSPS) is 17.3. The number of halogens is 4. The molecule has 0 amide bonds. The zero-order chi connectivity index (χ0) is 22.2. The van der Waals surface area contributed by atoms with Crippen molar-refractivity contribution in [3.05, 3.63) is 51.7 Å². The Bertz CT molecular complexity index is 1090. The Hall–Kier alpha value is -2.23. The molecular formula is C21H21ClF3N5S. The number of nitrogens with one attached hydrogen (secondary N) is 1. The van der Waals surface area contributed by atoms with Gasteiger partial charge >= 0.3 is 6.18 Å². The first kappa shape index (κ1) is 22.0. The molecule has 0 aliphatic carbocycles. The maximum absolute atomic E-state index is 13.4. The van der Waals surface area contributed by atoms with E-state index in [0.717, 1.165) is 30.3 Å². The summed E-state index contributed by atoms with van der Waals surface area (Å²) >= 11 is 7.34. The molecule has 4 rings (SSSR count). The highest BCUT2D eigenvalue weighted by Crippen LogP contribution is 2.38. The van der Waals surface area contributed by atoms with Gasteiger partial charge in [0.15, 0.2) is 5.13 Å². The molecule has 0 radical (unpaired) electrons. The Balaban J connectivity index is 1.74. The summed E-state index contributed by atoms with van der Waals surface area (Å²) in [6.45, 7) is 5.43. The van der Waals surface area contributed by atoms with Crippen molar-refractivity contribution in [3.8, 4) is 11.3 Å². The number of likely N-dealkylation sites (tertiary alicyclic amines) is 1. The van der Waals surface area contributed by atoms with E-state index < -0.39 is 11.7 Å². The van der Waals surface area contributed by atoms with Crippen LogP contribution in [-0.2, 0) is 12.7 Å². The van der Waals surface area contributed by atoms with Crippen LogP contribution < -0.4 is 5.32 Å². The Morgan fingerprint density at radius 2 is 2.03 bits per heavy atom. The van der Waals surface area contributed by atoms with Crippen LogP contribution in [0.1, 0.15) is 35.8 Å². The highest BCUT2D eigenvalue weighted by molar-refractivity contribution is 7.16. The Kier molecular flexibility index (Phi) is 6.18. The molecule has 1 aliphatic heterocycles. The van der Waals surface area contributed by atoms with Crippen LogP contribution in [0.2, 0.25) is 5.15 Å². The predicted octanol–water partition coefficient (Wildman–Crippen LogP) is 6.31. The van der Waals surface area contributed by atoms with Crippen LogP contribution in [0.15, 0.2) is 30.6 Å². The van der Waals surface area contributed by atoms with E-state index in [-0.39, 0.29) is 5.15 Å². The van der Waals surface area contributed by atoms with Gasteiger partial charge in [-0.3, -0.25) is 4.90 Å². The molecule has 2 aromatic heterocycles. The van der Waals surface area contributed by atoms with E-state index >= 15 is 0 Å². The lowest BCUT2D eigenvalue weighted by molar-refractivity contribution is -0.137. The second-order valence-corrected chi connectivity index (χ2v) is 9.16. The number of anilines is 2. The lowest BCUT2D eigenvalue weighted by atomic mass is 10.0. The third-order valence-electron chi connectivity index (χ3n) is 5.28. The number of alkyl halides is 3. The monoisotopic (exact) mass is 467 g/mol. The minimum atomic E-state index is -4.42. The van der Waals surface area contributed by atoms with E-state index in [1.807, 2.05) is 0 Å². The van der Waals surface area contributed by atoms with E-state index in [4.69, 9.17) is 11.6 Å². The van der Waals surface area contributed by atoms with Gasteiger partial charge in [-0.05, 0) is 57.0 Å². The lowest BCUT2D eigenvalue weighted by Gasteiger charge is -2.20. The highest BCUT2D eigenvalue weighted by atomic mass is 35.5. The van der Waals surface area contributed by atoms with Gasteiger partial charge in [0.05, 0.1) is 11.3 Å². The van der Waals surface area contributed by atoms with Crippen molar-refractivity contribution < 1.29 is 13.2 Å². The van der Waals surface area contributed by atoms with Crippen LogP contribution in [0.25, 0.3) is 11.3 Å². The summed E-state index contributed by atoms with van der Waals surface area (Å²) in [5.41, 5.74) is 0.878. The van der Waals surface area contributed by atoms with Crippen LogP contribution in [0.3, 0.4) is 0 Å². The fourth-order valence-electron chi connectivity index (χ4n) is 3.74. The fraction of sp³-hybridized carbons (Fsp3) is 0.381. The van der Waals surface area contributed by atoms with Gasteiger partial charge in [-0.1, -0.05) is 22.9 Å². The molecule has 164 valence electrons. The molecule has 10 heteroatoms. The first-order chi connectivity index (χ1) is 14.7. The average molecular weight is 468 g/mol. The number of rotatable bonds is 5. The molecule has 31 heavy (non-hydrogen) atoms. The summed E-state index contributed by atoms with van der Waals surface area (Å²) in [6.07, 6.45) is -0.856. The molecule has 1 saturated heterocycles. The van der Waals surface area contributed by atoms with Crippen molar-refractivity contribution in [2.24, 2.45) is 0 Å². The van der Waals surface area contributed by atoms with Crippen LogP contribution in [0, 0.1) is 6.92 Å². The molecule has 3 aromatic rings. The van der Waals surface area contributed by atoms with Crippen molar-refractivity contribution in [2.75, 3.05) is 11.9 Å². The lowest BCUT2D eigenvalue weighted by Crippen LogP contribution is -2.25. The summed E-state index contributed by atoms with van der Waals surface area (Å²) in [6, 6.07) is 6.06. The third kappa shape index (κ3) is 5.16. The summed E-state index contributed by atoms with van der Waals surface area (Å²) in [5, 5.41) is 3.93. The van der Waals surface area contributed by atoms with Gasteiger partial charge in [0, 0.05) is 29.1 Å². The van der Waals surface area contributed by atoms with E-state index in [0.29, 0.717) is 40.4 Å². The zero-order valence-electron chi connectivity index (χ0n) is 17.0. The molecule has 1 fully saturated rings. The summed E-state index contributed by atoms with van der Waals surface area (Å²) in [7, 11) is 0. The molecule has 1 atom stereocenters. The Morgan fingerprint density at radius 1 is 1.23 bits per heavy atom. The molecule has 0 saturated carbocycles. The van der Waals surface area contributed by atoms with Crippen LogP contribution >= 0.6 is 22.9 Å². The van der Waals surface area contributed by atoms with Crippen molar-refractivity contribution >= 4 is 33.9 Å². The van der Waals surface area contributed by atoms with Gasteiger partial charge in [0.25, 0.3) is 0 Å². The number of hydrogen-bond acceptors (Lipinski definition) is 6. The summed E-state index contributed by atoms with van der Waals surface area (Å²) in [4.78, 5) is 15.9. The second-order valence-electron chi connectivity index (χ2n) is 7.69. The second kappa shape index (κ2) is 8.72. The maximum Gasteiger partial charge on any atom is 0.416 e. The largest absolute Gasteiger partial charge is 0.416 e. The number of benzene rings is 1. The third-order valence-corrected chi connectivity index (χ3v) is 6.44. The van der Waals surface area contributed by atoms with Gasteiger partial charge in [-0.15, -0.1) is 0 Å². The molecule has 0 spiro atoms. The van der Waals surface area contributed by atoms with E-state index in [9.17, 15) is 13.2 Å². The minimum absolute atomic E-state index is 0.286. The fourth-order valence-corrected chi connectivity index (χ4v) is 4.91. The van der Waals surface area contributed by atoms with Gasteiger partial charge < -0.3 is 5.32 Å². The van der Waals surface area contributed by atoms with Crippen molar-refractivity contribution in [1.82, 2.24) is 19.9 Å². The van der Waals surface area contributed by atoms with Crippen molar-refractivity contribution in [3.63, 3.8) is 0 Å². The number of nitrogens with zero attached hydrogens (tertiary/aromatic N) is 4. The summed E-state index contributed by atoms with van der Waals surface area (Å²) in [5.74, 6) is 0.474. The SMILES string of the molecule is Cc1cc(-c2nc(Nc3cc(Cl)ncn3)sc2CN2CCC[C@H]2C)cc(C(F)(F)F)c1. The van der Waals surface area contributed by atoms with Gasteiger partial charge in [0.2, 0.25) is 0 Å². The molecule has 1 aromatic carbocycles. The van der Waals surface area contributed by atoms with Crippen LogP contribution in [0.5, 0.6) is 0 Å². The molecule has 3 heterocycles. The zero-order valence-corrected chi connectivity index (χ0v) is 18.6. The summed E-state index contributed by atoms with van der Waals surface area (Å²) < 4.78 is 40.2. The molecular weight excluding hydrogens is 447 g/mol. The quantitative estimate of drug-likeness (QED) is 0.446. The van der Waals surface area contributed by atoms with E-state index in [1.165, 1.54) is 23.7 Å². The first-order valence-electron chi connectivity index (χ1n) is 9.86. The Morgan fingerprint density at radius 3 is 2.71 bits per heavy atom. The standard InChI is InChI=1S/C21H21ClF3N5S/c1-12-6-14(8-15(7-12)21(23,24)25)19-16(10-30-5-3-4-13(30)2)31-20(29-19)28-18-9-17(22)26-11-27-18/h6-9,11,13H,3-5,10H2,1-2H3,(H,26,27,28,29)/t13-/m1/s1. The number of hydrogen-bond donors (Lipinski definition) is 1. The van der Waals surface area contributed by atoms with Gasteiger partial charge in [-0.2, -0.15) is 13.2 Å². The first-order valence-corrected chi connectivity index (χ1v) is 11.1.